The minimum Gasteiger partial charge on any atom is -0.479 e. The third-order valence-corrected chi connectivity index (χ3v) is 2.37. The summed E-state index contributed by atoms with van der Waals surface area (Å²) >= 11 is 0. The summed E-state index contributed by atoms with van der Waals surface area (Å²) < 4.78 is 0. The molecule has 0 fully saturated rings. The van der Waals surface area contributed by atoms with Gasteiger partial charge >= 0.3 is 18.0 Å². The van der Waals surface area contributed by atoms with E-state index in [9.17, 15) is 14.4 Å². The molecule has 0 saturated heterocycles. The molecular formula is C12H16N4O4. The van der Waals surface area contributed by atoms with Crippen LogP contribution in [-0.4, -0.2) is 36.2 Å². The van der Waals surface area contributed by atoms with E-state index in [4.69, 9.17) is 10.8 Å². The first kappa shape index (κ1) is 15.3. The molecule has 0 radical (unpaired) electrons. The van der Waals surface area contributed by atoms with Gasteiger partial charge in [0.05, 0.1) is 0 Å². The second-order valence-corrected chi connectivity index (χ2v) is 3.87. The number of benzene rings is 1. The first-order chi connectivity index (χ1) is 9.50. The van der Waals surface area contributed by atoms with Crippen LogP contribution < -0.4 is 21.7 Å². The molecule has 1 rings (SSSR count). The summed E-state index contributed by atoms with van der Waals surface area (Å²) in [5.74, 6) is -1.17. The van der Waals surface area contributed by atoms with E-state index in [1.165, 1.54) is 0 Å². The number of amides is 4. The Bertz CT molecular complexity index is 478. The fraction of sp³-hybridized carbons (Fsp3) is 0.250. The van der Waals surface area contributed by atoms with Gasteiger partial charge in [-0.25, -0.2) is 14.4 Å². The Balaban J connectivity index is 2.48. The lowest BCUT2D eigenvalue weighted by Gasteiger charge is -2.15. The van der Waals surface area contributed by atoms with Crippen LogP contribution in [0.2, 0.25) is 0 Å². The third kappa shape index (κ3) is 5.25. The standard InChI is InChI=1S/C12H16N4O4/c13-11(19)14-6-7-15-12(20)16-9(10(17)18)8-4-2-1-3-5-8/h1-5,9H,6-7H2,(H,17,18)(H3,13,14,19)(H2,15,16,20)/t9-/m1/s1. The van der Waals surface area contributed by atoms with Crippen LogP contribution in [0.4, 0.5) is 9.59 Å². The highest BCUT2D eigenvalue weighted by Gasteiger charge is 2.21. The molecule has 8 nitrogen and oxygen atoms in total. The van der Waals surface area contributed by atoms with Crippen molar-refractivity contribution in [3.63, 3.8) is 0 Å². The van der Waals surface area contributed by atoms with Crippen LogP contribution in [0.25, 0.3) is 0 Å². The molecule has 1 aromatic carbocycles. The Hall–Kier alpha value is -2.77. The van der Waals surface area contributed by atoms with Gasteiger partial charge in [0, 0.05) is 13.1 Å². The summed E-state index contributed by atoms with van der Waals surface area (Å²) in [6.45, 7) is 0.293. The van der Waals surface area contributed by atoms with Crippen molar-refractivity contribution in [3.05, 3.63) is 35.9 Å². The molecule has 20 heavy (non-hydrogen) atoms. The maximum Gasteiger partial charge on any atom is 0.330 e. The SMILES string of the molecule is NC(=O)NCCNC(=O)N[C@@H](C(=O)O)c1ccccc1. The van der Waals surface area contributed by atoms with E-state index in [2.05, 4.69) is 16.0 Å². The van der Waals surface area contributed by atoms with E-state index in [0.717, 1.165) is 0 Å². The predicted molar refractivity (Wildman–Crippen MR) is 70.9 cm³/mol. The summed E-state index contributed by atoms with van der Waals surface area (Å²) in [4.78, 5) is 33.1. The number of carbonyl (C=O) groups is 3. The summed E-state index contributed by atoms with van der Waals surface area (Å²) in [6, 6.07) is 5.84. The summed E-state index contributed by atoms with van der Waals surface area (Å²) in [7, 11) is 0. The van der Waals surface area contributed by atoms with Crippen LogP contribution in [0, 0.1) is 0 Å². The lowest BCUT2D eigenvalue weighted by Crippen LogP contribution is -2.44. The normalized spacial score (nSPS) is 11.2. The second-order valence-electron chi connectivity index (χ2n) is 3.87. The molecule has 0 heterocycles. The summed E-state index contributed by atoms with van der Waals surface area (Å²) in [5, 5.41) is 16.1. The van der Waals surface area contributed by atoms with Gasteiger partial charge in [-0.15, -0.1) is 0 Å². The second kappa shape index (κ2) is 7.62. The molecule has 4 amide bonds. The first-order valence-electron chi connectivity index (χ1n) is 5.86. The highest BCUT2D eigenvalue weighted by molar-refractivity contribution is 5.83. The Labute approximate surface area is 115 Å². The van der Waals surface area contributed by atoms with Crippen molar-refractivity contribution in [2.45, 2.75) is 6.04 Å². The van der Waals surface area contributed by atoms with Gasteiger partial charge in [0.15, 0.2) is 6.04 Å². The number of hydrogen-bond acceptors (Lipinski definition) is 3. The van der Waals surface area contributed by atoms with Gasteiger partial charge in [-0.05, 0) is 5.56 Å². The van der Waals surface area contributed by atoms with Crippen molar-refractivity contribution < 1.29 is 19.5 Å². The van der Waals surface area contributed by atoms with E-state index in [1.807, 2.05) is 0 Å². The van der Waals surface area contributed by atoms with Crippen LogP contribution in [0.1, 0.15) is 11.6 Å². The van der Waals surface area contributed by atoms with Gasteiger partial charge < -0.3 is 26.8 Å². The van der Waals surface area contributed by atoms with Gasteiger partial charge in [0.2, 0.25) is 0 Å². The zero-order valence-corrected chi connectivity index (χ0v) is 10.6. The van der Waals surface area contributed by atoms with E-state index in [0.29, 0.717) is 5.56 Å². The average Bonchev–Trinajstić information content (AvgIpc) is 2.41. The lowest BCUT2D eigenvalue weighted by atomic mass is 10.1. The predicted octanol–water partition coefficient (Wildman–Crippen LogP) is -0.220. The molecule has 6 N–H and O–H groups in total. The van der Waals surface area contributed by atoms with Crippen LogP contribution in [0.3, 0.4) is 0 Å². The molecule has 108 valence electrons. The molecule has 0 saturated carbocycles. The monoisotopic (exact) mass is 280 g/mol. The maximum atomic E-state index is 11.5. The molecule has 0 aliphatic heterocycles. The first-order valence-corrected chi connectivity index (χ1v) is 5.86. The summed E-state index contributed by atoms with van der Waals surface area (Å²) in [6.07, 6.45) is 0. The number of hydrogen-bond donors (Lipinski definition) is 5. The van der Waals surface area contributed by atoms with Gasteiger partial charge in [-0.2, -0.15) is 0 Å². The minimum atomic E-state index is -1.17. The van der Waals surface area contributed by atoms with Crippen LogP contribution in [0.5, 0.6) is 0 Å². The van der Waals surface area contributed by atoms with E-state index in [-0.39, 0.29) is 13.1 Å². The van der Waals surface area contributed by atoms with Gasteiger partial charge in [-0.3, -0.25) is 0 Å². The van der Waals surface area contributed by atoms with Crippen LogP contribution in [-0.2, 0) is 4.79 Å². The zero-order chi connectivity index (χ0) is 15.0. The Morgan fingerprint density at radius 1 is 1.10 bits per heavy atom. The van der Waals surface area contributed by atoms with E-state index < -0.39 is 24.1 Å². The molecule has 0 aromatic heterocycles. The van der Waals surface area contributed by atoms with Gasteiger partial charge in [0.25, 0.3) is 0 Å². The van der Waals surface area contributed by atoms with Crippen LogP contribution >= 0.6 is 0 Å². The molecule has 0 spiro atoms. The molecular weight excluding hydrogens is 264 g/mol. The van der Waals surface area contributed by atoms with Crippen molar-refractivity contribution in [3.8, 4) is 0 Å². The number of carboxylic acid groups (broad SMARTS) is 1. The van der Waals surface area contributed by atoms with Crippen molar-refractivity contribution in [2.24, 2.45) is 5.73 Å². The topological polar surface area (TPSA) is 134 Å². The highest BCUT2D eigenvalue weighted by Crippen LogP contribution is 2.12. The number of nitrogens with two attached hydrogens (primary N) is 1. The number of primary amides is 1. The minimum absolute atomic E-state index is 0.135. The highest BCUT2D eigenvalue weighted by atomic mass is 16.4. The molecule has 0 bridgehead atoms. The average molecular weight is 280 g/mol. The zero-order valence-electron chi connectivity index (χ0n) is 10.6. The molecule has 8 heteroatoms. The van der Waals surface area contributed by atoms with Crippen molar-refractivity contribution in [1.29, 1.82) is 0 Å². The molecule has 0 aliphatic carbocycles. The fourth-order valence-electron chi connectivity index (χ4n) is 1.48. The number of aliphatic carboxylic acids is 1. The number of carboxylic acids is 1. The smallest absolute Gasteiger partial charge is 0.330 e. The summed E-state index contributed by atoms with van der Waals surface area (Å²) in [5.41, 5.74) is 5.31. The Morgan fingerprint density at radius 3 is 2.25 bits per heavy atom. The van der Waals surface area contributed by atoms with Crippen molar-refractivity contribution in [1.82, 2.24) is 16.0 Å². The van der Waals surface area contributed by atoms with E-state index in [1.54, 1.807) is 30.3 Å². The number of urea groups is 2. The van der Waals surface area contributed by atoms with Crippen LogP contribution in [0.15, 0.2) is 30.3 Å². The van der Waals surface area contributed by atoms with Crippen molar-refractivity contribution >= 4 is 18.0 Å². The number of carbonyl (C=O) groups excluding carboxylic acids is 2. The molecule has 1 aromatic rings. The Morgan fingerprint density at radius 2 is 1.70 bits per heavy atom. The number of rotatable bonds is 6. The molecule has 1 atom stereocenters. The number of nitrogens with one attached hydrogen (secondary N) is 3. The van der Waals surface area contributed by atoms with E-state index >= 15 is 0 Å². The third-order valence-electron chi connectivity index (χ3n) is 2.37. The quantitative estimate of drug-likeness (QED) is 0.460. The van der Waals surface area contributed by atoms with Gasteiger partial charge in [0.1, 0.15) is 0 Å². The lowest BCUT2D eigenvalue weighted by molar-refractivity contribution is -0.139. The molecule has 0 aliphatic rings. The Kier molecular flexibility index (Phi) is 5.82. The largest absolute Gasteiger partial charge is 0.479 e. The van der Waals surface area contributed by atoms with Gasteiger partial charge in [-0.1, -0.05) is 30.3 Å². The van der Waals surface area contributed by atoms with Crippen molar-refractivity contribution in [2.75, 3.05) is 13.1 Å². The fourth-order valence-corrected chi connectivity index (χ4v) is 1.48. The maximum absolute atomic E-state index is 11.5. The molecule has 0 unspecified atom stereocenters.